The number of ether oxygens (including phenoxy) is 1. The van der Waals surface area contributed by atoms with Gasteiger partial charge in [-0.05, 0) is 41.8 Å². The molecule has 0 aliphatic carbocycles. The smallest absolute Gasteiger partial charge is 0.325 e. The zero-order chi connectivity index (χ0) is 21.1. The molecule has 152 valence electrons. The number of hydrogen-bond donors (Lipinski definition) is 1. The lowest BCUT2D eigenvalue weighted by atomic mass is 9.95. The van der Waals surface area contributed by atoms with Crippen LogP contribution in [0.4, 0.5) is 4.39 Å². The van der Waals surface area contributed by atoms with Gasteiger partial charge in [-0.25, -0.2) is 4.39 Å². The third kappa shape index (κ3) is 4.18. The van der Waals surface area contributed by atoms with Crippen LogP contribution in [0.1, 0.15) is 28.4 Å². The largest absolute Gasteiger partial charge is 0.468 e. The van der Waals surface area contributed by atoms with Crippen molar-refractivity contribution in [2.24, 2.45) is 0 Å². The average Bonchev–Trinajstić information content (AvgIpc) is 2.71. The Morgan fingerprint density at radius 3 is 2.52 bits per heavy atom. The van der Waals surface area contributed by atoms with Crippen LogP contribution < -0.4 is 10.9 Å². The van der Waals surface area contributed by atoms with Gasteiger partial charge in [0.1, 0.15) is 17.9 Å². The molecule has 2 amide bonds. The van der Waals surface area contributed by atoms with E-state index in [-0.39, 0.29) is 24.6 Å². The van der Waals surface area contributed by atoms with Gasteiger partial charge < -0.3 is 15.0 Å². The van der Waals surface area contributed by atoms with Crippen LogP contribution in [0.5, 0.6) is 0 Å². The Labute approximate surface area is 165 Å². The maximum atomic E-state index is 13.3. The molecule has 1 aliphatic rings. The first-order valence-electron chi connectivity index (χ1n) is 8.95. The summed E-state index contributed by atoms with van der Waals surface area (Å²) in [5, 5.41) is 2.40. The van der Waals surface area contributed by atoms with Crippen molar-refractivity contribution in [3.8, 4) is 5.69 Å². The highest BCUT2D eigenvalue weighted by Crippen LogP contribution is 2.22. The van der Waals surface area contributed by atoms with Crippen molar-refractivity contribution in [3.05, 3.63) is 63.3 Å². The number of pyridine rings is 1. The lowest BCUT2D eigenvalue weighted by molar-refractivity contribution is -0.139. The molecule has 1 N–H and O–H groups in total. The Morgan fingerprint density at radius 1 is 1.21 bits per heavy atom. The fraction of sp³-hybridized carbons (Fsp3) is 0.300. The van der Waals surface area contributed by atoms with E-state index in [2.05, 4.69) is 10.1 Å². The third-order valence-corrected chi connectivity index (χ3v) is 4.80. The van der Waals surface area contributed by atoms with E-state index in [1.54, 1.807) is 11.1 Å². The molecule has 1 aromatic carbocycles. The van der Waals surface area contributed by atoms with Crippen molar-refractivity contribution in [1.82, 2.24) is 14.8 Å². The van der Waals surface area contributed by atoms with Crippen molar-refractivity contribution >= 4 is 17.8 Å². The summed E-state index contributed by atoms with van der Waals surface area (Å²) in [7, 11) is 1.19. The van der Waals surface area contributed by atoms with Crippen LogP contribution >= 0.6 is 0 Å². The zero-order valence-corrected chi connectivity index (χ0v) is 16.0. The molecular formula is C20H20FN3O5. The first-order chi connectivity index (χ1) is 13.8. The van der Waals surface area contributed by atoms with Crippen LogP contribution in [0.15, 0.2) is 35.3 Å². The molecule has 0 radical (unpaired) electrons. The quantitative estimate of drug-likeness (QED) is 0.764. The van der Waals surface area contributed by atoms with Gasteiger partial charge in [0.15, 0.2) is 0 Å². The molecule has 2 aromatic rings. The normalized spacial score (nSPS) is 12.9. The lowest BCUT2D eigenvalue weighted by Gasteiger charge is -2.29. The first kappa shape index (κ1) is 20.2. The molecule has 29 heavy (non-hydrogen) atoms. The van der Waals surface area contributed by atoms with Gasteiger partial charge >= 0.3 is 5.97 Å². The molecule has 1 aliphatic heterocycles. The Hall–Kier alpha value is -3.49. The number of aromatic nitrogens is 1. The minimum Gasteiger partial charge on any atom is -0.468 e. The van der Waals surface area contributed by atoms with E-state index in [0.717, 1.165) is 0 Å². The molecule has 3 rings (SSSR count). The van der Waals surface area contributed by atoms with Gasteiger partial charge in [-0.1, -0.05) is 0 Å². The van der Waals surface area contributed by atoms with E-state index in [0.29, 0.717) is 29.8 Å². The molecule has 0 saturated carbocycles. The Morgan fingerprint density at radius 2 is 1.90 bits per heavy atom. The van der Waals surface area contributed by atoms with E-state index in [9.17, 15) is 23.6 Å². The van der Waals surface area contributed by atoms with Gasteiger partial charge in [0, 0.05) is 31.9 Å². The topological polar surface area (TPSA) is 97.7 Å². The number of carbonyl (C=O) groups is 3. The van der Waals surface area contributed by atoms with Crippen LogP contribution in [-0.2, 0) is 27.3 Å². The molecule has 1 aromatic heterocycles. The molecule has 9 heteroatoms. The summed E-state index contributed by atoms with van der Waals surface area (Å²) < 4.78 is 19.0. The highest BCUT2D eigenvalue weighted by molar-refractivity contribution is 5.97. The van der Waals surface area contributed by atoms with Crippen molar-refractivity contribution in [2.75, 3.05) is 20.2 Å². The number of hydrogen-bond acceptors (Lipinski definition) is 5. The minimum absolute atomic E-state index is 0.0982. The van der Waals surface area contributed by atoms with Crippen LogP contribution in [-0.4, -0.2) is 47.4 Å². The van der Waals surface area contributed by atoms with Crippen molar-refractivity contribution in [1.29, 1.82) is 0 Å². The molecule has 0 unspecified atom stereocenters. The maximum absolute atomic E-state index is 13.3. The number of nitrogens with one attached hydrogen (secondary N) is 1. The number of amides is 2. The van der Waals surface area contributed by atoms with Crippen molar-refractivity contribution < 1.29 is 23.5 Å². The zero-order valence-electron chi connectivity index (χ0n) is 16.0. The summed E-state index contributed by atoms with van der Waals surface area (Å²) in [4.78, 5) is 50.6. The van der Waals surface area contributed by atoms with Crippen molar-refractivity contribution in [2.45, 2.75) is 19.9 Å². The second-order valence-electron chi connectivity index (χ2n) is 6.61. The van der Waals surface area contributed by atoms with Crippen molar-refractivity contribution in [3.63, 3.8) is 0 Å². The minimum atomic E-state index is -0.704. The highest BCUT2D eigenvalue weighted by Gasteiger charge is 2.27. The number of rotatable bonds is 4. The maximum Gasteiger partial charge on any atom is 0.325 e. The number of benzene rings is 1. The molecule has 0 spiro atoms. The van der Waals surface area contributed by atoms with E-state index in [1.165, 1.54) is 42.9 Å². The Balaban J connectivity index is 2.11. The van der Waals surface area contributed by atoms with Gasteiger partial charge in [-0.2, -0.15) is 0 Å². The number of carbonyl (C=O) groups excluding carboxylic acids is 3. The third-order valence-electron chi connectivity index (χ3n) is 4.80. The monoisotopic (exact) mass is 401 g/mol. The summed E-state index contributed by atoms with van der Waals surface area (Å²) in [6.07, 6.45) is 1.90. The van der Waals surface area contributed by atoms with Gasteiger partial charge in [-0.3, -0.25) is 23.7 Å². The van der Waals surface area contributed by atoms with E-state index in [4.69, 9.17) is 0 Å². The van der Waals surface area contributed by atoms with E-state index < -0.39 is 23.3 Å². The fourth-order valence-electron chi connectivity index (χ4n) is 3.27. The summed E-state index contributed by atoms with van der Waals surface area (Å²) >= 11 is 0. The predicted octanol–water partition coefficient (Wildman–Crippen LogP) is 0.784. The van der Waals surface area contributed by atoms with Crippen LogP contribution in [0, 0.1) is 5.82 Å². The second-order valence-corrected chi connectivity index (χ2v) is 6.61. The molecular weight excluding hydrogens is 381 g/mol. The van der Waals surface area contributed by atoms with Crippen LogP contribution in [0.25, 0.3) is 5.69 Å². The van der Waals surface area contributed by atoms with E-state index >= 15 is 0 Å². The summed E-state index contributed by atoms with van der Waals surface area (Å²) in [5.41, 5.74) is 0.862. The summed E-state index contributed by atoms with van der Waals surface area (Å²) in [6.45, 7) is 1.68. The molecule has 0 atom stereocenters. The molecule has 0 fully saturated rings. The number of esters is 1. The number of halogens is 1. The van der Waals surface area contributed by atoms with Crippen LogP contribution in [0.3, 0.4) is 0 Å². The van der Waals surface area contributed by atoms with Crippen LogP contribution in [0.2, 0.25) is 0 Å². The van der Waals surface area contributed by atoms with E-state index in [1.807, 2.05) is 0 Å². The number of methoxy groups -OCH3 is 1. The number of nitrogens with zero attached hydrogens (tertiary/aromatic N) is 2. The summed E-state index contributed by atoms with van der Waals surface area (Å²) in [5.74, 6) is -1.93. The van der Waals surface area contributed by atoms with Gasteiger partial charge in [0.25, 0.3) is 11.5 Å². The standard InChI is InChI=1S/C20H20FN3O5/c1-12(25)23-8-7-16-13(10-23)11-24(15-5-3-14(21)4-6-15)20(28)18(16)19(27)22-9-17(26)29-2/h3-6,11H,7-10H2,1-2H3,(H,22,27). The molecule has 2 heterocycles. The Kier molecular flexibility index (Phi) is 5.76. The fourth-order valence-corrected chi connectivity index (χ4v) is 3.27. The van der Waals surface area contributed by atoms with Gasteiger partial charge in [0.05, 0.1) is 7.11 Å². The SMILES string of the molecule is COC(=O)CNC(=O)c1c2c(cn(-c3ccc(F)cc3)c1=O)CN(C(C)=O)CC2. The first-order valence-corrected chi connectivity index (χ1v) is 8.95. The highest BCUT2D eigenvalue weighted by atomic mass is 19.1. The average molecular weight is 401 g/mol. The Bertz CT molecular complexity index is 1030. The molecule has 0 saturated heterocycles. The second kappa shape index (κ2) is 8.26. The lowest BCUT2D eigenvalue weighted by Crippen LogP contribution is -2.41. The molecule has 8 nitrogen and oxygen atoms in total. The van der Waals surface area contributed by atoms with Gasteiger partial charge in [-0.15, -0.1) is 0 Å². The summed E-state index contributed by atoms with van der Waals surface area (Å²) in [6, 6.07) is 5.26. The van der Waals surface area contributed by atoms with Gasteiger partial charge in [0.2, 0.25) is 5.91 Å². The number of fused-ring (bicyclic) bond motifs is 1. The predicted molar refractivity (Wildman–Crippen MR) is 101 cm³/mol. The molecule has 0 bridgehead atoms.